The van der Waals surface area contributed by atoms with E-state index in [0.717, 1.165) is 28.9 Å². The number of hydrogen-bond acceptors (Lipinski definition) is 2. The summed E-state index contributed by atoms with van der Waals surface area (Å²) in [5.74, 6) is 0. The van der Waals surface area contributed by atoms with Crippen molar-refractivity contribution in [1.82, 2.24) is 0 Å². The Morgan fingerprint density at radius 1 is 1.18 bits per heavy atom. The number of aryl methyl sites for hydroxylation is 2. The fourth-order valence-corrected chi connectivity index (χ4v) is 1.10. The predicted molar refractivity (Wildman–Crippen MR) is 49.4 cm³/mol. The van der Waals surface area contributed by atoms with E-state index in [1.54, 1.807) is 0 Å². The van der Waals surface area contributed by atoms with Gasteiger partial charge in [0.05, 0.1) is 11.4 Å². The molecule has 2 heteroatoms. The van der Waals surface area contributed by atoms with Crippen molar-refractivity contribution >= 4 is 11.4 Å². The van der Waals surface area contributed by atoms with Crippen LogP contribution in [-0.2, 0) is 6.42 Å². The van der Waals surface area contributed by atoms with E-state index in [1.165, 1.54) is 0 Å². The lowest BCUT2D eigenvalue weighted by Gasteiger charge is -2.07. The maximum absolute atomic E-state index is 5.77. The van der Waals surface area contributed by atoms with Crippen LogP contribution in [0, 0.1) is 6.92 Å². The van der Waals surface area contributed by atoms with Crippen LogP contribution in [0.2, 0.25) is 0 Å². The lowest BCUT2D eigenvalue weighted by molar-refractivity contribution is 1.14. The van der Waals surface area contributed by atoms with Crippen molar-refractivity contribution in [2.45, 2.75) is 20.3 Å². The van der Waals surface area contributed by atoms with Crippen molar-refractivity contribution in [2.75, 3.05) is 11.5 Å². The lowest BCUT2D eigenvalue weighted by atomic mass is 10.1. The van der Waals surface area contributed by atoms with Gasteiger partial charge in [-0.15, -0.1) is 0 Å². The second kappa shape index (κ2) is 2.82. The molecule has 0 aliphatic heterocycles. The molecule has 0 heterocycles. The molecule has 0 aliphatic rings. The van der Waals surface area contributed by atoms with Crippen molar-refractivity contribution < 1.29 is 0 Å². The third-order valence-corrected chi connectivity index (χ3v) is 1.98. The normalized spacial score (nSPS) is 10.0. The maximum Gasteiger partial charge on any atom is 0.0582 e. The highest BCUT2D eigenvalue weighted by Gasteiger charge is 2.02. The van der Waals surface area contributed by atoms with E-state index in [2.05, 4.69) is 6.92 Å². The highest BCUT2D eigenvalue weighted by atomic mass is 14.7. The minimum atomic E-state index is 0.726. The summed E-state index contributed by atoms with van der Waals surface area (Å²) >= 11 is 0. The van der Waals surface area contributed by atoms with Crippen molar-refractivity contribution in [3.8, 4) is 0 Å². The fourth-order valence-electron chi connectivity index (χ4n) is 1.10. The molecule has 0 aliphatic carbocycles. The molecule has 0 amide bonds. The molecule has 1 rings (SSSR count). The Labute approximate surface area is 67.2 Å². The van der Waals surface area contributed by atoms with Gasteiger partial charge >= 0.3 is 0 Å². The van der Waals surface area contributed by atoms with Crippen LogP contribution in [0.25, 0.3) is 0 Å². The van der Waals surface area contributed by atoms with Gasteiger partial charge in [-0.1, -0.05) is 19.1 Å². The molecule has 2 nitrogen and oxygen atoms in total. The number of hydrogen-bond donors (Lipinski definition) is 2. The summed E-state index contributed by atoms with van der Waals surface area (Å²) < 4.78 is 0. The van der Waals surface area contributed by atoms with E-state index >= 15 is 0 Å². The molecule has 11 heavy (non-hydrogen) atoms. The Kier molecular flexibility index (Phi) is 2.03. The number of nitrogens with two attached hydrogens (primary N) is 2. The summed E-state index contributed by atoms with van der Waals surface area (Å²) in [6.07, 6.45) is 0.941. The van der Waals surface area contributed by atoms with E-state index < -0.39 is 0 Å². The summed E-state index contributed by atoms with van der Waals surface area (Å²) in [4.78, 5) is 0. The van der Waals surface area contributed by atoms with Gasteiger partial charge < -0.3 is 11.5 Å². The third kappa shape index (κ3) is 1.29. The van der Waals surface area contributed by atoms with Gasteiger partial charge in [-0.3, -0.25) is 0 Å². The van der Waals surface area contributed by atoms with Crippen LogP contribution < -0.4 is 11.5 Å². The van der Waals surface area contributed by atoms with E-state index in [0.29, 0.717) is 0 Å². The molecule has 0 fully saturated rings. The fraction of sp³-hybridized carbons (Fsp3) is 0.333. The smallest absolute Gasteiger partial charge is 0.0582 e. The largest absolute Gasteiger partial charge is 0.397 e. The molecular weight excluding hydrogens is 136 g/mol. The molecule has 0 aromatic heterocycles. The van der Waals surface area contributed by atoms with Crippen LogP contribution in [0.15, 0.2) is 12.1 Å². The molecule has 4 N–H and O–H groups in total. The summed E-state index contributed by atoms with van der Waals surface area (Å²) in [7, 11) is 0. The molecule has 0 atom stereocenters. The number of rotatable bonds is 1. The monoisotopic (exact) mass is 150 g/mol. The summed E-state index contributed by atoms with van der Waals surface area (Å²) in [5, 5.41) is 0. The number of anilines is 2. The van der Waals surface area contributed by atoms with Gasteiger partial charge in [0.1, 0.15) is 0 Å². The van der Waals surface area contributed by atoms with Gasteiger partial charge in [-0.05, 0) is 24.5 Å². The second-order valence-electron chi connectivity index (χ2n) is 2.72. The average molecular weight is 150 g/mol. The van der Waals surface area contributed by atoms with Gasteiger partial charge in [0, 0.05) is 0 Å². The van der Waals surface area contributed by atoms with Gasteiger partial charge in [-0.2, -0.15) is 0 Å². The van der Waals surface area contributed by atoms with Gasteiger partial charge in [0.15, 0.2) is 0 Å². The average Bonchev–Trinajstić information content (AvgIpc) is 2.01. The van der Waals surface area contributed by atoms with Crippen LogP contribution in [0.1, 0.15) is 18.1 Å². The van der Waals surface area contributed by atoms with Gasteiger partial charge in [-0.25, -0.2) is 0 Å². The quantitative estimate of drug-likeness (QED) is 0.599. The molecule has 60 valence electrons. The minimum absolute atomic E-state index is 0.726. The van der Waals surface area contributed by atoms with Crippen LogP contribution in [0.3, 0.4) is 0 Å². The third-order valence-electron chi connectivity index (χ3n) is 1.98. The Morgan fingerprint density at radius 2 is 1.82 bits per heavy atom. The molecule has 1 aromatic rings. The van der Waals surface area contributed by atoms with Crippen molar-refractivity contribution in [1.29, 1.82) is 0 Å². The zero-order valence-corrected chi connectivity index (χ0v) is 7.02. The van der Waals surface area contributed by atoms with Crippen LogP contribution >= 0.6 is 0 Å². The van der Waals surface area contributed by atoms with Crippen LogP contribution in [0.5, 0.6) is 0 Å². The van der Waals surface area contributed by atoms with E-state index in [9.17, 15) is 0 Å². The molecular formula is C9H14N2. The Hall–Kier alpha value is -1.18. The van der Waals surface area contributed by atoms with Gasteiger partial charge in [0.2, 0.25) is 0 Å². The molecule has 0 radical (unpaired) electrons. The zero-order valence-electron chi connectivity index (χ0n) is 7.02. The standard InChI is InChI=1S/C9H14N2/c1-3-7-5-4-6(2)8(10)9(7)11/h4-5H,3,10-11H2,1-2H3. The first-order chi connectivity index (χ1) is 5.16. The molecule has 0 bridgehead atoms. The lowest BCUT2D eigenvalue weighted by Crippen LogP contribution is -2.00. The van der Waals surface area contributed by atoms with E-state index in [4.69, 9.17) is 11.5 Å². The molecule has 0 unspecified atom stereocenters. The summed E-state index contributed by atoms with van der Waals surface area (Å²) in [6, 6.07) is 4.03. The highest BCUT2D eigenvalue weighted by molar-refractivity contribution is 5.70. The molecule has 0 spiro atoms. The zero-order chi connectivity index (χ0) is 8.43. The van der Waals surface area contributed by atoms with E-state index in [1.807, 2.05) is 19.1 Å². The van der Waals surface area contributed by atoms with Crippen molar-refractivity contribution in [2.24, 2.45) is 0 Å². The van der Waals surface area contributed by atoms with Crippen LogP contribution in [-0.4, -0.2) is 0 Å². The van der Waals surface area contributed by atoms with E-state index in [-0.39, 0.29) is 0 Å². The van der Waals surface area contributed by atoms with Crippen molar-refractivity contribution in [3.63, 3.8) is 0 Å². The first-order valence-corrected chi connectivity index (χ1v) is 3.80. The molecule has 0 saturated carbocycles. The first-order valence-electron chi connectivity index (χ1n) is 3.80. The minimum Gasteiger partial charge on any atom is -0.397 e. The summed E-state index contributed by atoms with van der Waals surface area (Å²) in [5.41, 5.74) is 15.2. The summed E-state index contributed by atoms with van der Waals surface area (Å²) in [6.45, 7) is 4.03. The number of benzene rings is 1. The maximum atomic E-state index is 5.77. The SMILES string of the molecule is CCc1ccc(C)c(N)c1N. The topological polar surface area (TPSA) is 52.0 Å². The highest BCUT2D eigenvalue weighted by Crippen LogP contribution is 2.23. The number of nitrogen functional groups attached to an aromatic ring is 2. The van der Waals surface area contributed by atoms with Crippen molar-refractivity contribution in [3.05, 3.63) is 23.3 Å². The Bertz CT molecular complexity index is 267. The second-order valence-corrected chi connectivity index (χ2v) is 2.72. The Morgan fingerprint density at radius 3 is 2.36 bits per heavy atom. The predicted octanol–water partition coefficient (Wildman–Crippen LogP) is 1.72. The molecule has 0 saturated heterocycles. The van der Waals surface area contributed by atoms with Gasteiger partial charge in [0.25, 0.3) is 0 Å². The molecule has 1 aromatic carbocycles. The van der Waals surface area contributed by atoms with Crippen LogP contribution in [0.4, 0.5) is 11.4 Å². The Balaban J connectivity index is 3.25. The first kappa shape index (κ1) is 7.92.